The summed E-state index contributed by atoms with van der Waals surface area (Å²) >= 11 is 0. The Bertz CT molecular complexity index is 852. The fraction of sp³-hybridized carbons (Fsp3) is 0.471. The monoisotopic (exact) mass is 354 g/mol. The Morgan fingerprint density at radius 1 is 1.19 bits per heavy atom. The molecule has 1 aliphatic heterocycles. The van der Waals surface area contributed by atoms with Crippen LogP contribution in [0.5, 0.6) is 5.88 Å². The molecule has 0 atom stereocenters. The van der Waals surface area contributed by atoms with E-state index in [-0.39, 0.29) is 0 Å². The summed E-state index contributed by atoms with van der Waals surface area (Å²) in [5.41, 5.74) is 0. The number of piperidine rings is 1. The van der Waals surface area contributed by atoms with E-state index >= 15 is 0 Å². The van der Waals surface area contributed by atoms with Crippen LogP contribution in [0.4, 0.5) is 5.82 Å². The van der Waals surface area contributed by atoms with Crippen molar-refractivity contribution < 1.29 is 4.74 Å². The summed E-state index contributed by atoms with van der Waals surface area (Å²) in [5, 5.41) is 13.1. The molecule has 9 heteroatoms. The molecule has 4 heterocycles. The van der Waals surface area contributed by atoms with E-state index in [0.717, 1.165) is 43.4 Å². The van der Waals surface area contributed by atoms with Crippen molar-refractivity contribution in [2.24, 2.45) is 7.05 Å². The van der Waals surface area contributed by atoms with Crippen LogP contribution >= 0.6 is 0 Å². The van der Waals surface area contributed by atoms with Crippen molar-refractivity contribution in [3.63, 3.8) is 0 Å². The Morgan fingerprint density at radius 2 is 2.04 bits per heavy atom. The zero-order valence-electron chi connectivity index (χ0n) is 15.0. The van der Waals surface area contributed by atoms with Gasteiger partial charge in [-0.3, -0.25) is 4.68 Å². The van der Waals surface area contributed by atoms with Crippen molar-refractivity contribution in [2.75, 3.05) is 25.1 Å². The number of hydrogen-bond donors (Lipinski definition) is 0. The lowest BCUT2D eigenvalue weighted by atomic mass is 9.96. The molecule has 1 saturated heterocycles. The predicted octanol–water partition coefficient (Wildman–Crippen LogP) is 1.24. The second-order valence-corrected chi connectivity index (χ2v) is 6.42. The SMILES string of the molecule is COc1cc(N2CCC(c3nnc(Cn4cccn4)n3C)CC2)ncn1. The van der Waals surface area contributed by atoms with E-state index in [1.54, 1.807) is 19.6 Å². The average molecular weight is 354 g/mol. The van der Waals surface area contributed by atoms with Crippen molar-refractivity contribution in [1.82, 2.24) is 34.5 Å². The van der Waals surface area contributed by atoms with Crippen LogP contribution in [0.25, 0.3) is 0 Å². The molecule has 0 bridgehead atoms. The maximum absolute atomic E-state index is 5.19. The maximum atomic E-state index is 5.19. The first-order valence-corrected chi connectivity index (χ1v) is 8.71. The molecule has 4 rings (SSSR count). The second-order valence-electron chi connectivity index (χ2n) is 6.42. The molecule has 0 unspecified atom stereocenters. The van der Waals surface area contributed by atoms with Crippen molar-refractivity contribution in [3.05, 3.63) is 42.5 Å². The molecule has 0 aromatic carbocycles. The van der Waals surface area contributed by atoms with Crippen LogP contribution < -0.4 is 9.64 Å². The number of hydrogen-bond acceptors (Lipinski definition) is 7. The number of methoxy groups -OCH3 is 1. The summed E-state index contributed by atoms with van der Waals surface area (Å²) in [6, 6.07) is 3.79. The summed E-state index contributed by atoms with van der Waals surface area (Å²) in [7, 11) is 3.66. The summed E-state index contributed by atoms with van der Waals surface area (Å²) in [4.78, 5) is 10.7. The topological polar surface area (TPSA) is 86.8 Å². The van der Waals surface area contributed by atoms with Crippen LogP contribution in [0.3, 0.4) is 0 Å². The van der Waals surface area contributed by atoms with Gasteiger partial charge in [-0.2, -0.15) is 5.10 Å². The van der Waals surface area contributed by atoms with E-state index in [4.69, 9.17) is 4.74 Å². The van der Waals surface area contributed by atoms with Crippen LogP contribution in [-0.4, -0.2) is 54.7 Å². The molecular formula is C17H22N8O. The van der Waals surface area contributed by atoms with Gasteiger partial charge in [-0.1, -0.05) is 0 Å². The van der Waals surface area contributed by atoms with Crippen LogP contribution in [0.2, 0.25) is 0 Å². The Balaban J connectivity index is 1.42. The van der Waals surface area contributed by atoms with Gasteiger partial charge >= 0.3 is 0 Å². The first-order chi connectivity index (χ1) is 12.7. The number of ether oxygens (including phenoxy) is 1. The van der Waals surface area contributed by atoms with Crippen LogP contribution in [0, 0.1) is 0 Å². The smallest absolute Gasteiger partial charge is 0.218 e. The van der Waals surface area contributed by atoms with Crippen molar-refractivity contribution >= 4 is 5.82 Å². The molecule has 3 aromatic heterocycles. The van der Waals surface area contributed by atoms with E-state index < -0.39 is 0 Å². The quantitative estimate of drug-likeness (QED) is 0.681. The minimum absolute atomic E-state index is 0.402. The summed E-state index contributed by atoms with van der Waals surface area (Å²) in [6.45, 7) is 2.48. The third-order valence-corrected chi connectivity index (χ3v) is 4.88. The molecule has 136 valence electrons. The zero-order valence-corrected chi connectivity index (χ0v) is 15.0. The van der Waals surface area contributed by atoms with Crippen LogP contribution in [0.1, 0.15) is 30.4 Å². The molecule has 1 fully saturated rings. The van der Waals surface area contributed by atoms with Gasteiger partial charge in [-0.05, 0) is 18.9 Å². The first-order valence-electron chi connectivity index (χ1n) is 8.71. The largest absolute Gasteiger partial charge is 0.481 e. The number of aromatic nitrogens is 7. The fourth-order valence-corrected chi connectivity index (χ4v) is 3.39. The second kappa shape index (κ2) is 7.11. The lowest BCUT2D eigenvalue weighted by Gasteiger charge is -2.32. The molecule has 26 heavy (non-hydrogen) atoms. The van der Waals surface area contributed by atoms with Crippen LogP contribution in [-0.2, 0) is 13.6 Å². The minimum atomic E-state index is 0.402. The van der Waals surface area contributed by atoms with E-state index in [1.165, 1.54) is 0 Å². The molecule has 3 aromatic rings. The highest BCUT2D eigenvalue weighted by atomic mass is 16.5. The van der Waals surface area contributed by atoms with Gasteiger partial charge in [0, 0.05) is 44.5 Å². The highest BCUT2D eigenvalue weighted by Gasteiger charge is 2.26. The lowest BCUT2D eigenvalue weighted by Crippen LogP contribution is -2.34. The lowest BCUT2D eigenvalue weighted by molar-refractivity contribution is 0.396. The Hall–Kier alpha value is -2.97. The molecular weight excluding hydrogens is 332 g/mol. The molecule has 0 radical (unpaired) electrons. The summed E-state index contributed by atoms with van der Waals surface area (Å²) in [6.07, 6.45) is 7.28. The van der Waals surface area contributed by atoms with E-state index in [2.05, 4.69) is 34.7 Å². The fourth-order valence-electron chi connectivity index (χ4n) is 3.39. The first kappa shape index (κ1) is 16.5. The molecule has 0 spiro atoms. The van der Waals surface area contributed by atoms with E-state index in [1.807, 2.05) is 30.1 Å². The van der Waals surface area contributed by atoms with Gasteiger partial charge in [0.05, 0.1) is 7.11 Å². The number of nitrogens with zero attached hydrogens (tertiary/aromatic N) is 8. The van der Waals surface area contributed by atoms with Crippen LogP contribution in [0.15, 0.2) is 30.9 Å². The highest BCUT2D eigenvalue weighted by Crippen LogP contribution is 2.29. The predicted molar refractivity (Wildman–Crippen MR) is 95.1 cm³/mol. The number of rotatable bonds is 5. The van der Waals surface area contributed by atoms with Gasteiger partial charge in [0.2, 0.25) is 5.88 Å². The third kappa shape index (κ3) is 3.24. The Kier molecular flexibility index (Phi) is 4.51. The molecule has 0 N–H and O–H groups in total. The summed E-state index contributed by atoms with van der Waals surface area (Å²) < 4.78 is 9.16. The summed E-state index contributed by atoms with van der Waals surface area (Å²) in [5.74, 6) is 3.87. The minimum Gasteiger partial charge on any atom is -0.481 e. The van der Waals surface area contributed by atoms with Crippen molar-refractivity contribution in [3.8, 4) is 5.88 Å². The Labute approximate surface area is 151 Å². The molecule has 0 aliphatic carbocycles. The van der Waals surface area contributed by atoms with Gasteiger partial charge in [0.15, 0.2) is 5.82 Å². The third-order valence-electron chi connectivity index (χ3n) is 4.88. The number of anilines is 1. The van der Waals surface area contributed by atoms with Gasteiger partial charge in [0.25, 0.3) is 0 Å². The molecule has 0 saturated carbocycles. The van der Waals surface area contributed by atoms with Crippen molar-refractivity contribution in [1.29, 1.82) is 0 Å². The van der Waals surface area contributed by atoms with Gasteiger partial charge in [-0.25, -0.2) is 9.97 Å². The Morgan fingerprint density at radius 3 is 2.77 bits per heavy atom. The van der Waals surface area contributed by atoms with Gasteiger partial charge in [0.1, 0.15) is 24.5 Å². The normalized spacial score (nSPS) is 15.4. The van der Waals surface area contributed by atoms with Gasteiger partial charge < -0.3 is 14.2 Å². The average Bonchev–Trinajstić information content (AvgIpc) is 3.33. The molecule has 9 nitrogen and oxygen atoms in total. The van der Waals surface area contributed by atoms with Gasteiger partial charge in [-0.15, -0.1) is 10.2 Å². The van der Waals surface area contributed by atoms with E-state index in [9.17, 15) is 0 Å². The zero-order chi connectivity index (χ0) is 17.9. The van der Waals surface area contributed by atoms with Crippen molar-refractivity contribution in [2.45, 2.75) is 25.3 Å². The molecule has 0 amide bonds. The standard InChI is InChI=1S/C17H22N8O/c1-23-15(11-25-7-3-6-20-25)21-22-17(23)13-4-8-24(9-5-13)14-10-16(26-2)19-12-18-14/h3,6-7,10,12-13H,4-5,8-9,11H2,1-2H3. The van der Waals surface area contributed by atoms with E-state index in [0.29, 0.717) is 18.3 Å². The highest BCUT2D eigenvalue weighted by molar-refractivity contribution is 5.41. The molecule has 1 aliphatic rings. The maximum Gasteiger partial charge on any atom is 0.218 e.